The first-order chi connectivity index (χ1) is 8.63. The van der Waals surface area contributed by atoms with Crippen molar-refractivity contribution >= 4 is 11.1 Å². The van der Waals surface area contributed by atoms with Gasteiger partial charge in [-0.15, -0.1) is 0 Å². The Balaban J connectivity index is 1.96. The second kappa shape index (κ2) is 4.31. The van der Waals surface area contributed by atoms with Gasteiger partial charge in [-0.05, 0) is 19.8 Å². The highest BCUT2D eigenvalue weighted by atomic mass is 19.1. The van der Waals surface area contributed by atoms with Crippen molar-refractivity contribution in [3.05, 3.63) is 29.7 Å². The van der Waals surface area contributed by atoms with E-state index < -0.39 is 11.6 Å². The van der Waals surface area contributed by atoms with Crippen molar-refractivity contribution in [1.29, 1.82) is 0 Å². The Hall–Kier alpha value is -1.49. The summed E-state index contributed by atoms with van der Waals surface area (Å²) in [6.45, 7) is 2.88. The molecule has 1 aromatic carbocycles. The third kappa shape index (κ3) is 1.99. The maximum atomic E-state index is 13.5. The summed E-state index contributed by atoms with van der Waals surface area (Å²) in [6.07, 6.45) is 1.98. The highest BCUT2D eigenvalue weighted by Crippen LogP contribution is 2.29. The summed E-state index contributed by atoms with van der Waals surface area (Å²) in [5.41, 5.74) is 0.297. The number of aromatic nitrogens is 1. The van der Waals surface area contributed by atoms with Crippen LogP contribution >= 0.6 is 0 Å². The highest BCUT2D eigenvalue weighted by Gasteiger charge is 2.24. The number of hydrogen-bond acceptors (Lipinski definition) is 3. The topological polar surface area (TPSA) is 38.1 Å². The Morgan fingerprint density at radius 1 is 1.33 bits per heavy atom. The van der Waals surface area contributed by atoms with Crippen LogP contribution < -0.4 is 5.32 Å². The molecular formula is C13H14F2N2O. The minimum absolute atomic E-state index is 0.0463. The summed E-state index contributed by atoms with van der Waals surface area (Å²) < 4.78 is 32.0. The molecule has 0 amide bonds. The predicted octanol–water partition coefficient (Wildman–Crippen LogP) is 2.96. The zero-order valence-corrected chi connectivity index (χ0v) is 10.0. The van der Waals surface area contributed by atoms with Crippen LogP contribution in [-0.2, 0) is 0 Å². The molecule has 3 rings (SSSR count). The molecule has 1 saturated heterocycles. The first-order valence-electron chi connectivity index (χ1n) is 6.12. The van der Waals surface area contributed by atoms with E-state index in [1.165, 1.54) is 6.07 Å². The Morgan fingerprint density at radius 3 is 2.89 bits per heavy atom. The molecule has 96 valence electrons. The fraction of sp³-hybridized carbons (Fsp3) is 0.462. The van der Waals surface area contributed by atoms with Crippen molar-refractivity contribution in [3.63, 3.8) is 0 Å². The van der Waals surface area contributed by atoms with Gasteiger partial charge in [-0.1, -0.05) is 0 Å². The molecule has 0 radical (unpaired) electrons. The molecule has 2 heterocycles. The molecule has 0 spiro atoms. The van der Waals surface area contributed by atoms with Crippen LogP contribution in [0.1, 0.15) is 31.6 Å². The number of nitrogens with zero attached hydrogens (tertiary/aromatic N) is 1. The van der Waals surface area contributed by atoms with E-state index in [1.807, 2.05) is 0 Å². The van der Waals surface area contributed by atoms with Gasteiger partial charge in [0.25, 0.3) is 0 Å². The van der Waals surface area contributed by atoms with E-state index in [-0.39, 0.29) is 17.0 Å². The highest BCUT2D eigenvalue weighted by molar-refractivity contribution is 5.73. The molecule has 5 heteroatoms. The van der Waals surface area contributed by atoms with E-state index in [9.17, 15) is 8.78 Å². The van der Waals surface area contributed by atoms with Crippen LogP contribution in [0.5, 0.6) is 0 Å². The molecule has 1 fully saturated rings. The largest absolute Gasteiger partial charge is 0.437 e. The molecule has 1 aromatic heterocycles. The maximum absolute atomic E-state index is 13.5. The van der Waals surface area contributed by atoms with Gasteiger partial charge in [0.05, 0.1) is 0 Å². The standard InChI is InChI=1S/C13H14F2N2O/c1-7-2-3-8(6-16-7)13-17-11-5-9(14)4-10(15)12(11)18-13/h4-5,7-8,16H,2-3,6H2,1H3/t7-,8-/m1/s1. The summed E-state index contributed by atoms with van der Waals surface area (Å²) in [5.74, 6) is -0.693. The number of rotatable bonds is 1. The molecule has 3 nitrogen and oxygen atoms in total. The van der Waals surface area contributed by atoms with Gasteiger partial charge in [-0.2, -0.15) is 0 Å². The van der Waals surface area contributed by atoms with E-state index in [0.29, 0.717) is 11.9 Å². The number of nitrogens with one attached hydrogen (secondary N) is 1. The molecule has 2 atom stereocenters. The first-order valence-corrected chi connectivity index (χ1v) is 6.12. The summed E-state index contributed by atoms with van der Waals surface area (Å²) in [5, 5.41) is 3.33. The van der Waals surface area contributed by atoms with Gasteiger partial charge in [0.15, 0.2) is 17.3 Å². The summed E-state index contributed by atoms with van der Waals surface area (Å²) in [7, 11) is 0. The van der Waals surface area contributed by atoms with Gasteiger partial charge < -0.3 is 9.73 Å². The smallest absolute Gasteiger partial charge is 0.200 e. The monoisotopic (exact) mass is 252 g/mol. The van der Waals surface area contributed by atoms with Crippen LogP contribution in [0.15, 0.2) is 16.5 Å². The van der Waals surface area contributed by atoms with Gasteiger partial charge in [-0.25, -0.2) is 13.8 Å². The lowest BCUT2D eigenvalue weighted by Crippen LogP contribution is -2.35. The van der Waals surface area contributed by atoms with Crippen LogP contribution in [0.3, 0.4) is 0 Å². The SMILES string of the molecule is C[C@@H]1CC[C@@H](c2nc3cc(F)cc(F)c3o2)CN1. The number of piperidine rings is 1. The van der Waals surface area contributed by atoms with E-state index >= 15 is 0 Å². The molecule has 0 saturated carbocycles. The van der Waals surface area contributed by atoms with E-state index in [2.05, 4.69) is 17.2 Å². The average Bonchev–Trinajstić information content (AvgIpc) is 2.74. The summed E-state index contributed by atoms with van der Waals surface area (Å²) in [6, 6.07) is 2.50. The fourth-order valence-corrected chi connectivity index (χ4v) is 2.36. The molecular weight excluding hydrogens is 238 g/mol. The van der Waals surface area contributed by atoms with Crippen molar-refractivity contribution in [2.24, 2.45) is 0 Å². The van der Waals surface area contributed by atoms with Gasteiger partial charge in [0.2, 0.25) is 0 Å². The average molecular weight is 252 g/mol. The van der Waals surface area contributed by atoms with Crippen LogP contribution in [0.2, 0.25) is 0 Å². The van der Waals surface area contributed by atoms with Crippen molar-refractivity contribution in [2.45, 2.75) is 31.7 Å². The van der Waals surface area contributed by atoms with Crippen molar-refractivity contribution in [2.75, 3.05) is 6.54 Å². The van der Waals surface area contributed by atoms with Crippen LogP contribution in [0.4, 0.5) is 8.78 Å². The lowest BCUT2D eigenvalue weighted by Gasteiger charge is -2.25. The van der Waals surface area contributed by atoms with Crippen molar-refractivity contribution in [1.82, 2.24) is 10.3 Å². The van der Waals surface area contributed by atoms with Crippen molar-refractivity contribution < 1.29 is 13.2 Å². The van der Waals surface area contributed by atoms with E-state index in [4.69, 9.17) is 4.42 Å². The second-order valence-corrected chi connectivity index (χ2v) is 4.87. The number of hydrogen-bond donors (Lipinski definition) is 1. The third-order valence-corrected chi connectivity index (χ3v) is 3.44. The zero-order valence-electron chi connectivity index (χ0n) is 10.0. The van der Waals surface area contributed by atoms with Crippen LogP contribution in [-0.4, -0.2) is 17.6 Å². The quantitative estimate of drug-likeness (QED) is 0.848. The third-order valence-electron chi connectivity index (χ3n) is 3.44. The van der Waals surface area contributed by atoms with Gasteiger partial charge in [-0.3, -0.25) is 0 Å². The first kappa shape index (κ1) is 11.6. The molecule has 0 bridgehead atoms. The van der Waals surface area contributed by atoms with Gasteiger partial charge in [0.1, 0.15) is 11.3 Å². The summed E-state index contributed by atoms with van der Waals surface area (Å²) in [4.78, 5) is 4.20. The Morgan fingerprint density at radius 2 is 2.17 bits per heavy atom. The van der Waals surface area contributed by atoms with E-state index in [1.54, 1.807) is 0 Å². The lowest BCUT2D eigenvalue weighted by molar-refractivity contribution is 0.340. The minimum Gasteiger partial charge on any atom is -0.437 e. The zero-order chi connectivity index (χ0) is 12.7. The number of oxazole rings is 1. The predicted molar refractivity (Wildman–Crippen MR) is 63.4 cm³/mol. The number of benzene rings is 1. The van der Waals surface area contributed by atoms with Crippen LogP contribution in [0, 0.1) is 11.6 Å². The number of halogens is 2. The minimum atomic E-state index is -0.694. The molecule has 0 unspecified atom stereocenters. The summed E-state index contributed by atoms with van der Waals surface area (Å²) >= 11 is 0. The number of fused-ring (bicyclic) bond motifs is 1. The normalized spacial score (nSPS) is 24.6. The van der Waals surface area contributed by atoms with Gasteiger partial charge in [0, 0.05) is 30.6 Å². The molecule has 18 heavy (non-hydrogen) atoms. The molecule has 0 aliphatic carbocycles. The Labute approximate surface area is 103 Å². The fourth-order valence-electron chi connectivity index (χ4n) is 2.36. The lowest BCUT2D eigenvalue weighted by atomic mass is 9.95. The molecule has 1 aliphatic rings. The maximum Gasteiger partial charge on any atom is 0.200 e. The Kier molecular flexibility index (Phi) is 2.78. The second-order valence-electron chi connectivity index (χ2n) is 4.87. The molecule has 2 aromatic rings. The van der Waals surface area contributed by atoms with Crippen LogP contribution in [0.25, 0.3) is 11.1 Å². The van der Waals surface area contributed by atoms with Gasteiger partial charge >= 0.3 is 0 Å². The van der Waals surface area contributed by atoms with E-state index in [0.717, 1.165) is 25.5 Å². The molecule has 1 aliphatic heterocycles. The Bertz CT molecular complexity index is 574. The molecule has 1 N–H and O–H groups in total. The van der Waals surface area contributed by atoms with Crippen molar-refractivity contribution in [3.8, 4) is 0 Å².